The van der Waals surface area contributed by atoms with E-state index in [-0.39, 0.29) is 0 Å². The van der Waals surface area contributed by atoms with Crippen LogP contribution in [0.2, 0.25) is 0 Å². The fourth-order valence-electron chi connectivity index (χ4n) is 2.55. The molecule has 3 nitrogen and oxygen atoms in total. The Kier molecular flexibility index (Phi) is 4.35. The van der Waals surface area contributed by atoms with Gasteiger partial charge in [-0.2, -0.15) is 0 Å². The summed E-state index contributed by atoms with van der Waals surface area (Å²) < 4.78 is 0. The van der Waals surface area contributed by atoms with E-state index < -0.39 is 0 Å². The first-order valence-corrected chi connectivity index (χ1v) is 6.89. The van der Waals surface area contributed by atoms with Crippen LogP contribution in [0.25, 0.3) is 0 Å². The average Bonchev–Trinajstić information content (AvgIpc) is 2.67. The largest absolute Gasteiger partial charge is 0.373 e. The van der Waals surface area contributed by atoms with Gasteiger partial charge in [0.1, 0.15) is 11.6 Å². The number of hydrogen-bond acceptors (Lipinski definition) is 3. The van der Waals surface area contributed by atoms with Gasteiger partial charge in [0.05, 0.1) is 0 Å². The minimum Gasteiger partial charge on any atom is -0.373 e. The van der Waals surface area contributed by atoms with E-state index in [1.807, 2.05) is 7.05 Å². The van der Waals surface area contributed by atoms with Gasteiger partial charge in [-0.15, -0.1) is 0 Å². The third-order valence-corrected chi connectivity index (χ3v) is 3.64. The van der Waals surface area contributed by atoms with Crippen LogP contribution in [0.1, 0.15) is 62.9 Å². The van der Waals surface area contributed by atoms with Crippen molar-refractivity contribution in [2.45, 2.75) is 57.8 Å². The van der Waals surface area contributed by atoms with Crippen LogP contribution in [-0.2, 0) is 6.42 Å². The minimum absolute atomic E-state index is 0.580. The van der Waals surface area contributed by atoms with Gasteiger partial charge in [0, 0.05) is 24.7 Å². The molecule has 1 aromatic rings. The summed E-state index contributed by atoms with van der Waals surface area (Å²) in [7, 11) is 1.93. The highest BCUT2D eigenvalue weighted by Gasteiger charge is 2.18. The Labute approximate surface area is 104 Å². The van der Waals surface area contributed by atoms with Crippen molar-refractivity contribution in [3.05, 3.63) is 17.6 Å². The first kappa shape index (κ1) is 12.3. The molecule has 1 fully saturated rings. The maximum atomic E-state index is 4.71. The van der Waals surface area contributed by atoms with Gasteiger partial charge in [-0.25, -0.2) is 9.97 Å². The summed E-state index contributed by atoms with van der Waals surface area (Å²) in [6, 6.07) is 2.06. The molecule has 0 aliphatic heterocycles. The Morgan fingerprint density at radius 3 is 2.47 bits per heavy atom. The van der Waals surface area contributed by atoms with E-state index in [2.05, 4.69) is 23.3 Å². The Bertz CT molecular complexity index is 332. The first-order chi connectivity index (χ1) is 8.33. The fourth-order valence-corrected chi connectivity index (χ4v) is 2.55. The molecule has 0 unspecified atom stereocenters. The monoisotopic (exact) mass is 233 g/mol. The maximum absolute atomic E-state index is 4.71. The predicted molar refractivity (Wildman–Crippen MR) is 71.4 cm³/mol. The van der Waals surface area contributed by atoms with Crippen LogP contribution in [-0.4, -0.2) is 17.0 Å². The molecular weight excluding hydrogens is 210 g/mol. The molecule has 1 aliphatic carbocycles. The molecule has 3 heteroatoms. The van der Waals surface area contributed by atoms with Crippen molar-refractivity contribution in [3.8, 4) is 0 Å². The van der Waals surface area contributed by atoms with E-state index in [9.17, 15) is 0 Å². The van der Waals surface area contributed by atoms with Crippen LogP contribution in [0.4, 0.5) is 5.82 Å². The zero-order chi connectivity index (χ0) is 12.1. The van der Waals surface area contributed by atoms with Gasteiger partial charge in [-0.1, -0.05) is 32.6 Å². The van der Waals surface area contributed by atoms with Crippen molar-refractivity contribution in [1.29, 1.82) is 0 Å². The lowest BCUT2D eigenvalue weighted by Gasteiger charge is -2.14. The van der Waals surface area contributed by atoms with Crippen molar-refractivity contribution >= 4 is 5.82 Å². The van der Waals surface area contributed by atoms with Crippen LogP contribution in [0.3, 0.4) is 0 Å². The van der Waals surface area contributed by atoms with Crippen molar-refractivity contribution in [2.75, 3.05) is 12.4 Å². The lowest BCUT2D eigenvalue weighted by atomic mass is 9.99. The molecule has 1 N–H and O–H groups in total. The van der Waals surface area contributed by atoms with Gasteiger partial charge in [0.15, 0.2) is 0 Å². The molecule has 0 amide bonds. The molecule has 1 aliphatic rings. The molecule has 0 bridgehead atoms. The summed E-state index contributed by atoms with van der Waals surface area (Å²) in [5, 5.41) is 3.15. The van der Waals surface area contributed by atoms with Crippen LogP contribution in [0, 0.1) is 0 Å². The van der Waals surface area contributed by atoms with E-state index in [0.29, 0.717) is 5.92 Å². The van der Waals surface area contributed by atoms with Gasteiger partial charge in [-0.3, -0.25) is 0 Å². The van der Waals surface area contributed by atoms with Gasteiger partial charge in [0.2, 0.25) is 0 Å². The van der Waals surface area contributed by atoms with Gasteiger partial charge in [-0.05, 0) is 19.3 Å². The van der Waals surface area contributed by atoms with Crippen LogP contribution in [0.5, 0.6) is 0 Å². The summed E-state index contributed by atoms with van der Waals surface area (Å²) in [4.78, 5) is 9.36. The molecule has 94 valence electrons. The molecule has 0 spiro atoms. The topological polar surface area (TPSA) is 37.8 Å². The highest BCUT2D eigenvalue weighted by atomic mass is 15.0. The standard InChI is InChI=1S/C14H23N3/c1-3-12-10-13(15-2)17-14(16-12)11-8-6-4-5-7-9-11/h10-11H,3-9H2,1-2H3,(H,15,16,17). The minimum atomic E-state index is 0.580. The van der Waals surface area contributed by atoms with Crippen LogP contribution in [0.15, 0.2) is 6.07 Å². The normalized spacial score (nSPS) is 17.8. The number of rotatable bonds is 3. The van der Waals surface area contributed by atoms with Crippen molar-refractivity contribution in [3.63, 3.8) is 0 Å². The summed E-state index contributed by atoms with van der Waals surface area (Å²) >= 11 is 0. The molecule has 2 rings (SSSR count). The first-order valence-electron chi connectivity index (χ1n) is 6.89. The molecule has 1 saturated carbocycles. The smallest absolute Gasteiger partial charge is 0.134 e. The molecule has 0 saturated heterocycles. The Hall–Kier alpha value is -1.12. The van der Waals surface area contributed by atoms with E-state index in [4.69, 9.17) is 4.98 Å². The summed E-state index contributed by atoms with van der Waals surface area (Å²) in [6.45, 7) is 2.15. The lowest BCUT2D eigenvalue weighted by molar-refractivity contribution is 0.558. The fraction of sp³-hybridized carbons (Fsp3) is 0.714. The molecule has 1 aromatic heterocycles. The van der Waals surface area contributed by atoms with Crippen molar-refractivity contribution < 1.29 is 0 Å². The number of aryl methyl sites for hydroxylation is 1. The third kappa shape index (κ3) is 3.18. The molecule has 1 heterocycles. The zero-order valence-corrected chi connectivity index (χ0v) is 11.0. The van der Waals surface area contributed by atoms with Crippen LogP contribution >= 0.6 is 0 Å². The second-order valence-corrected chi connectivity index (χ2v) is 4.89. The second-order valence-electron chi connectivity index (χ2n) is 4.89. The van der Waals surface area contributed by atoms with Crippen LogP contribution < -0.4 is 5.32 Å². The number of nitrogens with zero attached hydrogens (tertiary/aromatic N) is 2. The van der Waals surface area contributed by atoms with Gasteiger partial charge < -0.3 is 5.32 Å². The third-order valence-electron chi connectivity index (χ3n) is 3.64. The van der Waals surface area contributed by atoms with E-state index in [1.165, 1.54) is 38.5 Å². The highest BCUT2D eigenvalue weighted by molar-refractivity contribution is 5.35. The lowest BCUT2D eigenvalue weighted by Crippen LogP contribution is -2.08. The summed E-state index contributed by atoms with van der Waals surface area (Å²) in [5.74, 6) is 2.61. The predicted octanol–water partition coefficient (Wildman–Crippen LogP) is 3.52. The van der Waals surface area contributed by atoms with E-state index >= 15 is 0 Å². The number of hydrogen-bond donors (Lipinski definition) is 1. The molecule has 0 radical (unpaired) electrons. The average molecular weight is 233 g/mol. The molecule has 0 aromatic carbocycles. The van der Waals surface area contributed by atoms with Crippen molar-refractivity contribution in [1.82, 2.24) is 9.97 Å². The van der Waals surface area contributed by atoms with E-state index in [1.54, 1.807) is 0 Å². The highest BCUT2D eigenvalue weighted by Crippen LogP contribution is 2.30. The number of aromatic nitrogens is 2. The zero-order valence-electron chi connectivity index (χ0n) is 11.0. The maximum Gasteiger partial charge on any atom is 0.134 e. The number of nitrogens with one attached hydrogen (secondary N) is 1. The quantitative estimate of drug-likeness (QED) is 0.812. The summed E-state index contributed by atoms with van der Waals surface area (Å²) in [6.07, 6.45) is 8.92. The Balaban J connectivity index is 2.22. The molecule has 0 atom stereocenters. The summed E-state index contributed by atoms with van der Waals surface area (Å²) in [5.41, 5.74) is 1.16. The molecule has 17 heavy (non-hydrogen) atoms. The van der Waals surface area contributed by atoms with Crippen molar-refractivity contribution in [2.24, 2.45) is 0 Å². The second kappa shape index (κ2) is 5.99. The Morgan fingerprint density at radius 1 is 1.18 bits per heavy atom. The van der Waals surface area contributed by atoms with Gasteiger partial charge >= 0.3 is 0 Å². The molecular formula is C14H23N3. The number of anilines is 1. The van der Waals surface area contributed by atoms with Gasteiger partial charge in [0.25, 0.3) is 0 Å². The van der Waals surface area contributed by atoms with E-state index in [0.717, 1.165) is 23.8 Å². The Morgan fingerprint density at radius 2 is 1.88 bits per heavy atom. The SMILES string of the molecule is CCc1cc(NC)nc(C2CCCCCC2)n1.